The van der Waals surface area contributed by atoms with Gasteiger partial charge in [-0.05, 0) is 24.6 Å². The van der Waals surface area contributed by atoms with Crippen LogP contribution in [0, 0.1) is 0 Å². The van der Waals surface area contributed by atoms with Crippen LogP contribution in [0.25, 0.3) is 0 Å². The van der Waals surface area contributed by atoms with E-state index in [1.54, 1.807) is 11.8 Å². The Labute approximate surface area is 117 Å². The molecule has 0 saturated carbocycles. The fourth-order valence-corrected chi connectivity index (χ4v) is 2.92. The molecule has 0 spiro atoms. The Balaban J connectivity index is 1.91. The average Bonchev–Trinajstić information content (AvgIpc) is 2.48. The minimum Gasteiger partial charge on any atom is -0.392 e. The van der Waals surface area contributed by atoms with E-state index in [1.807, 2.05) is 36.1 Å². The molecule has 1 atom stereocenters. The molecular weight excluding hydrogens is 262 g/mol. The predicted molar refractivity (Wildman–Crippen MR) is 75.1 cm³/mol. The molecule has 1 aromatic carbocycles. The lowest BCUT2D eigenvalue weighted by Gasteiger charge is -2.29. The minimum atomic E-state index is -0.0990. The Hall–Kier alpha value is -1.04. The summed E-state index contributed by atoms with van der Waals surface area (Å²) in [6.07, 6.45) is 0. The molecule has 1 aromatic rings. The van der Waals surface area contributed by atoms with Gasteiger partial charge in [0.25, 0.3) is 0 Å². The molecule has 0 aliphatic carbocycles. The lowest BCUT2D eigenvalue weighted by Crippen LogP contribution is -2.44. The molecule has 1 unspecified atom stereocenters. The summed E-state index contributed by atoms with van der Waals surface area (Å²) in [5.41, 5.74) is 0.886. The maximum absolute atomic E-state index is 12.2. The van der Waals surface area contributed by atoms with Gasteiger partial charge in [0.1, 0.15) is 0 Å². The molecule has 0 radical (unpaired) electrons. The predicted octanol–water partition coefficient (Wildman–Crippen LogP) is 1.52. The quantitative estimate of drug-likeness (QED) is 0.850. The highest BCUT2D eigenvalue weighted by Gasteiger charge is 2.22. The van der Waals surface area contributed by atoms with Gasteiger partial charge in [-0.3, -0.25) is 4.79 Å². The SMILES string of the molecule is CC(Sc1ccc(CO)cc1)C(=O)N1CCOCC1. The summed E-state index contributed by atoms with van der Waals surface area (Å²) >= 11 is 1.55. The van der Waals surface area contributed by atoms with Crippen molar-refractivity contribution < 1.29 is 14.6 Å². The van der Waals surface area contributed by atoms with Gasteiger partial charge in [-0.2, -0.15) is 0 Å². The largest absolute Gasteiger partial charge is 0.392 e. The first-order valence-corrected chi connectivity index (χ1v) is 7.31. The molecule has 1 fully saturated rings. The van der Waals surface area contributed by atoms with Crippen molar-refractivity contribution in [3.8, 4) is 0 Å². The molecule has 0 aromatic heterocycles. The molecule has 1 heterocycles. The van der Waals surface area contributed by atoms with Gasteiger partial charge in [0.2, 0.25) is 5.91 Å². The Morgan fingerprint density at radius 3 is 2.58 bits per heavy atom. The van der Waals surface area contributed by atoms with Gasteiger partial charge in [-0.1, -0.05) is 12.1 Å². The topological polar surface area (TPSA) is 49.8 Å². The van der Waals surface area contributed by atoms with Crippen molar-refractivity contribution in [2.75, 3.05) is 26.3 Å². The zero-order valence-electron chi connectivity index (χ0n) is 11.0. The third-order valence-corrected chi connectivity index (χ3v) is 4.19. The van der Waals surface area contributed by atoms with Crippen LogP contribution in [0.4, 0.5) is 0 Å². The number of morpholine rings is 1. The summed E-state index contributed by atoms with van der Waals surface area (Å²) in [6.45, 7) is 4.62. The number of hydrogen-bond donors (Lipinski definition) is 1. The number of carbonyl (C=O) groups excluding carboxylic acids is 1. The number of ether oxygens (including phenoxy) is 1. The highest BCUT2D eigenvalue weighted by Crippen LogP contribution is 2.25. The van der Waals surface area contributed by atoms with Gasteiger partial charge in [0.15, 0.2) is 0 Å². The van der Waals surface area contributed by atoms with Crippen molar-refractivity contribution in [2.24, 2.45) is 0 Å². The van der Waals surface area contributed by atoms with Crippen LogP contribution in [-0.2, 0) is 16.1 Å². The van der Waals surface area contributed by atoms with E-state index < -0.39 is 0 Å². The van der Waals surface area contributed by atoms with Crippen LogP contribution in [0.15, 0.2) is 29.2 Å². The molecular formula is C14H19NO3S. The monoisotopic (exact) mass is 281 g/mol. The number of hydrogen-bond acceptors (Lipinski definition) is 4. The van der Waals surface area contributed by atoms with E-state index in [2.05, 4.69) is 0 Å². The normalized spacial score (nSPS) is 17.3. The minimum absolute atomic E-state index is 0.0488. The van der Waals surface area contributed by atoms with Crippen molar-refractivity contribution in [1.29, 1.82) is 0 Å². The van der Waals surface area contributed by atoms with Gasteiger partial charge in [0, 0.05) is 18.0 Å². The second-order valence-electron chi connectivity index (χ2n) is 4.50. The molecule has 104 valence electrons. The van der Waals surface area contributed by atoms with E-state index >= 15 is 0 Å². The van der Waals surface area contributed by atoms with Crippen LogP contribution in [0.2, 0.25) is 0 Å². The summed E-state index contributed by atoms with van der Waals surface area (Å²) in [6, 6.07) is 7.65. The molecule has 1 saturated heterocycles. The fraction of sp³-hybridized carbons (Fsp3) is 0.500. The Morgan fingerprint density at radius 1 is 1.37 bits per heavy atom. The molecule has 4 nitrogen and oxygen atoms in total. The smallest absolute Gasteiger partial charge is 0.235 e. The highest BCUT2D eigenvalue weighted by molar-refractivity contribution is 8.00. The van der Waals surface area contributed by atoms with Crippen molar-refractivity contribution in [3.05, 3.63) is 29.8 Å². The van der Waals surface area contributed by atoms with E-state index in [-0.39, 0.29) is 17.8 Å². The number of rotatable bonds is 4. The van der Waals surface area contributed by atoms with E-state index in [0.717, 1.165) is 10.5 Å². The van der Waals surface area contributed by atoms with Crippen molar-refractivity contribution >= 4 is 17.7 Å². The number of carbonyl (C=O) groups is 1. The first kappa shape index (κ1) is 14.4. The molecule has 2 rings (SSSR count). The van der Waals surface area contributed by atoms with E-state index in [0.29, 0.717) is 26.3 Å². The lowest BCUT2D eigenvalue weighted by atomic mass is 10.2. The van der Waals surface area contributed by atoms with Gasteiger partial charge in [0.05, 0.1) is 25.1 Å². The van der Waals surface area contributed by atoms with Crippen LogP contribution in [0.5, 0.6) is 0 Å². The van der Waals surface area contributed by atoms with Crippen LogP contribution in [0.1, 0.15) is 12.5 Å². The highest BCUT2D eigenvalue weighted by atomic mass is 32.2. The third-order valence-electron chi connectivity index (χ3n) is 3.09. The summed E-state index contributed by atoms with van der Waals surface area (Å²) < 4.78 is 5.25. The standard InChI is InChI=1S/C14H19NO3S/c1-11(14(17)15-6-8-18-9-7-15)19-13-4-2-12(10-16)3-5-13/h2-5,11,16H,6-10H2,1H3. The van der Waals surface area contributed by atoms with Gasteiger partial charge in [-0.25, -0.2) is 0 Å². The summed E-state index contributed by atoms with van der Waals surface area (Å²) in [5.74, 6) is 0.166. The number of aliphatic hydroxyl groups is 1. The molecule has 0 bridgehead atoms. The summed E-state index contributed by atoms with van der Waals surface area (Å²) in [7, 11) is 0. The van der Waals surface area contributed by atoms with Gasteiger partial charge < -0.3 is 14.7 Å². The van der Waals surface area contributed by atoms with Crippen LogP contribution >= 0.6 is 11.8 Å². The summed E-state index contributed by atoms with van der Waals surface area (Å²) in [4.78, 5) is 15.1. The number of thioether (sulfide) groups is 1. The molecule has 1 amide bonds. The van der Waals surface area contributed by atoms with Gasteiger partial charge in [-0.15, -0.1) is 11.8 Å². The Bertz CT molecular complexity index is 415. The second-order valence-corrected chi connectivity index (χ2v) is 5.91. The van der Waals surface area contributed by atoms with E-state index in [1.165, 1.54) is 0 Å². The third kappa shape index (κ3) is 3.96. The number of aliphatic hydroxyl groups excluding tert-OH is 1. The molecule has 1 aliphatic heterocycles. The van der Waals surface area contributed by atoms with Crippen LogP contribution in [0.3, 0.4) is 0 Å². The lowest BCUT2D eigenvalue weighted by molar-refractivity contribution is -0.134. The van der Waals surface area contributed by atoms with Crippen molar-refractivity contribution in [1.82, 2.24) is 4.90 Å². The second kappa shape index (κ2) is 6.93. The van der Waals surface area contributed by atoms with Gasteiger partial charge >= 0.3 is 0 Å². The molecule has 5 heteroatoms. The molecule has 1 N–H and O–H groups in total. The van der Waals surface area contributed by atoms with Crippen LogP contribution < -0.4 is 0 Å². The Kier molecular flexibility index (Phi) is 5.24. The molecule has 19 heavy (non-hydrogen) atoms. The first-order valence-electron chi connectivity index (χ1n) is 6.43. The average molecular weight is 281 g/mol. The van der Waals surface area contributed by atoms with Crippen molar-refractivity contribution in [3.63, 3.8) is 0 Å². The maximum Gasteiger partial charge on any atom is 0.235 e. The number of nitrogens with zero attached hydrogens (tertiary/aromatic N) is 1. The van der Waals surface area contributed by atoms with E-state index in [4.69, 9.17) is 9.84 Å². The van der Waals surface area contributed by atoms with Crippen molar-refractivity contribution in [2.45, 2.75) is 23.7 Å². The zero-order valence-corrected chi connectivity index (χ0v) is 11.9. The number of amides is 1. The van der Waals surface area contributed by atoms with Crippen LogP contribution in [-0.4, -0.2) is 47.5 Å². The zero-order chi connectivity index (χ0) is 13.7. The molecule has 1 aliphatic rings. The fourth-order valence-electron chi connectivity index (χ4n) is 1.97. The van der Waals surface area contributed by atoms with E-state index in [9.17, 15) is 4.79 Å². The maximum atomic E-state index is 12.2. The number of benzene rings is 1. The summed E-state index contributed by atoms with van der Waals surface area (Å²) in [5, 5.41) is 8.89. The first-order chi connectivity index (χ1) is 9.20. The Morgan fingerprint density at radius 2 is 2.00 bits per heavy atom.